The van der Waals surface area contributed by atoms with Gasteiger partial charge in [0.25, 0.3) is 65.0 Å². The number of pyridine rings is 4. The molecule has 12 N–H and O–H groups in total. The number of hydrogen-bond acceptors (Lipinski definition) is 30. The molecule has 8 aromatic heterocycles. The van der Waals surface area contributed by atoms with Gasteiger partial charge >= 0.3 is 0 Å². The smallest absolute Gasteiger partial charge is 0.280 e. The van der Waals surface area contributed by atoms with Gasteiger partial charge in [0.05, 0.1) is 101 Å². The number of carbonyl (C=O) groups is 8. The van der Waals surface area contributed by atoms with Crippen LogP contribution in [-0.4, -0.2) is 293 Å². The average Bonchev–Trinajstić information content (AvgIpc) is 1.63. The van der Waals surface area contributed by atoms with Gasteiger partial charge in [0.15, 0.2) is 20.0 Å². The van der Waals surface area contributed by atoms with E-state index in [1.54, 1.807) is 67.1 Å². The number of aliphatic hydroxyl groups excluding tert-OH is 2. The molecule has 8 amide bonds. The van der Waals surface area contributed by atoms with Crippen molar-refractivity contribution in [3.8, 4) is 41.8 Å². The zero-order chi connectivity index (χ0) is 106. The minimum absolute atomic E-state index is 0.000333. The molecule has 21 rings (SSSR count). The first-order valence-corrected chi connectivity index (χ1v) is 55.2. The molecule has 44 heteroatoms. The molecule has 13 aliphatic rings. The zero-order valence-electron chi connectivity index (χ0n) is 86.1. The fraction of sp³-hybridized carbons (Fsp3) is 0.619. The molecule has 2 bridgehead atoms. The number of aliphatic hydroxyl groups is 4. The predicted octanol–water partition coefficient (Wildman–Crippen LogP) is 15.3. The van der Waals surface area contributed by atoms with Crippen molar-refractivity contribution >= 4 is 116 Å². The molecule has 0 radical (unpaired) electrons. The van der Waals surface area contributed by atoms with Gasteiger partial charge in [-0.2, -0.15) is 0 Å². The van der Waals surface area contributed by atoms with Crippen molar-refractivity contribution in [3.05, 3.63) is 114 Å². The van der Waals surface area contributed by atoms with E-state index in [0.717, 1.165) is 164 Å². The van der Waals surface area contributed by atoms with Crippen LogP contribution in [0.3, 0.4) is 0 Å². The summed E-state index contributed by atoms with van der Waals surface area (Å²) in [6.07, 6.45) is 24.7. The minimum Gasteiger partial charge on any atom is -0.389 e. The molecule has 6 aliphatic carbocycles. The predicted molar refractivity (Wildman–Crippen MR) is 554 cm³/mol. The van der Waals surface area contributed by atoms with Gasteiger partial charge in [-0.1, -0.05) is 0 Å². The van der Waals surface area contributed by atoms with Gasteiger partial charge in [-0.25, -0.2) is 66.2 Å². The minimum atomic E-state index is -2.98. The topological polar surface area (TPSA) is 448 Å². The third kappa shape index (κ3) is 25.3. The van der Waals surface area contributed by atoms with E-state index in [1.807, 2.05) is 57.0 Å². The van der Waals surface area contributed by atoms with Crippen LogP contribution >= 0.6 is 45.3 Å². The number of alkyl halides is 6. The van der Waals surface area contributed by atoms with Gasteiger partial charge in [-0.3, -0.25) is 38.4 Å². The number of hydrogen-bond donors (Lipinski definition) is 12. The number of fused-ring (bicyclic) bond motifs is 2. The van der Waals surface area contributed by atoms with Crippen LogP contribution in [0.15, 0.2) is 49.1 Å². The van der Waals surface area contributed by atoms with Gasteiger partial charge in [0, 0.05) is 133 Å². The van der Waals surface area contributed by atoms with Crippen molar-refractivity contribution in [3.63, 3.8) is 0 Å². The number of ether oxygens (including phenoxy) is 2. The Labute approximate surface area is 877 Å². The third-order valence-corrected chi connectivity index (χ3v) is 34.9. The normalized spacial score (nSPS) is 24.1. The highest BCUT2D eigenvalue weighted by Crippen LogP contribution is 2.51. The molecule has 149 heavy (non-hydrogen) atoms. The Morgan fingerprint density at radius 2 is 0.691 bits per heavy atom. The van der Waals surface area contributed by atoms with Crippen molar-refractivity contribution in [1.29, 1.82) is 0 Å². The van der Waals surface area contributed by atoms with E-state index >= 15 is 0 Å². The number of anilines is 4. The molecule has 7 saturated heterocycles. The molecular weight excluding hydrogens is 2010 g/mol. The van der Waals surface area contributed by atoms with E-state index in [-0.39, 0.29) is 112 Å². The summed E-state index contributed by atoms with van der Waals surface area (Å²) in [6, 6.07) is 6.03. The maximum Gasteiger partial charge on any atom is 0.280 e. The van der Waals surface area contributed by atoms with E-state index in [2.05, 4.69) is 97.3 Å². The van der Waals surface area contributed by atoms with Crippen LogP contribution in [0.4, 0.5) is 49.6 Å². The number of carbonyl (C=O) groups excluding carboxylic acids is 8. The summed E-state index contributed by atoms with van der Waals surface area (Å²) in [5, 5.41) is 65.3. The average molecular weight is 2140 g/mol. The molecule has 7 atom stereocenters. The van der Waals surface area contributed by atoms with E-state index in [4.69, 9.17) is 14.5 Å². The zero-order valence-corrected chi connectivity index (χ0v) is 89.4. The van der Waals surface area contributed by atoms with Crippen LogP contribution < -0.4 is 42.5 Å². The SMILES string of the molecule is Cc1cc(NC(C2CC2)C2CC2)ncc1-c1sc(C(=O)NCC(C)(C)O)nc1C(=O)N1C2CCC1CC2.Cc1cc(NC(C2CC2)C2CC2)ncc1-c1sc(C(=O)NCC(C)(C)O)nc1C(=O)N1CC(F)(F)C[C@@H]1C.Cc1cc(NC2(C)CCC2)ncc1-c1sc(C(=O)NC2COCC2O)nc1C(=O)N1CC(F)(F)C[C@@H]1C.Cc1cc(NC2(C)CCC2)ncc1-c1sc(C(=O)N[C@@H]2COC[C@@H]2O)nc1C(=O)N1CC(F)(F)C[C@@H]1C. The lowest BCUT2D eigenvalue weighted by Gasteiger charge is -2.39. The van der Waals surface area contributed by atoms with Crippen LogP contribution in [0.25, 0.3) is 41.8 Å². The highest BCUT2D eigenvalue weighted by Gasteiger charge is 2.53. The van der Waals surface area contributed by atoms with Gasteiger partial charge < -0.3 is 92.0 Å². The largest absolute Gasteiger partial charge is 0.389 e. The van der Waals surface area contributed by atoms with Crippen molar-refractivity contribution in [1.82, 2.24) is 80.7 Å². The quantitative estimate of drug-likeness (QED) is 0.0186. The number of aryl methyl sites for hydroxylation is 4. The van der Waals surface area contributed by atoms with Gasteiger partial charge in [-0.05, 0) is 276 Å². The van der Waals surface area contributed by atoms with Crippen LogP contribution in [0.2, 0.25) is 0 Å². The molecule has 804 valence electrons. The Morgan fingerprint density at radius 3 is 0.933 bits per heavy atom. The van der Waals surface area contributed by atoms with Crippen LogP contribution in [0.1, 0.15) is 301 Å². The second-order valence-corrected chi connectivity index (χ2v) is 49.2. The number of halogens is 6. The summed E-state index contributed by atoms with van der Waals surface area (Å²) >= 11 is 4.26. The maximum absolute atomic E-state index is 14.1. The number of thiazole rings is 4. The van der Waals surface area contributed by atoms with Crippen molar-refractivity contribution in [2.24, 2.45) is 23.7 Å². The van der Waals surface area contributed by atoms with Crippen molar-refractivity contribution < 1.29 is 94.6 Å². The first kappa shape index (κ1) is 108. The summed E-state index contributed by atoms with van der Waals surface area (Å²) in [7, 11) is 0. The maximum atomic E-state index is 14.1. The molecule has 13 fully saturated rings. The highest BCUT2D eigenvalue weighted by molar-refractivity contribution is 7.18. The summed E-state index contributed by atoms with van der Waals surface area (Å²) in [5.41, 5.74) is 4.18. The monoisotopic (exact) mass is 2140 g/mol. The number of aromatic nitrogens is 8. The summed E-state index contributed by atoms with van der Waals surface area (Å²) in [5.74, 6) is -7.02. The Morgan fingerprint density at radius 1 is 0.416 bits per heavy atom. The van der Waals surface area contributed by atoms with E-state index in [9.17, 15) is 85.1 Å². The Bertz CT molecular complexity index is 6160. The molecular formula is C105H134F6N20O14S4. The standard InChI is InChI=1S/C28H37N5O3S.C27H35F2N5O3S.2C25H31F2N5O4S/c1-15-12-21(31-22(16-4-5-16)17-6-7-17)29-13-20(15)24-23(27(35)33-18-8-9-19(33)11-10-18)32-26(37-24)25(34)30-14-28(2,3)36;1-14-9-19(32-20(16-5-6-16)17-7-8-17)30-11-18(14)22-21(25(36)34-13-27(28,29)10-15(34)2)33-24(38-22)23(35)31-12-26(3,4)37;2*1-13-7-18(31-24(3)5-4-6-24)28-9-15(13)20-19(23(35)32-12-25(26,27)8-14(32)2)30-22(37-20)21(34)29-16-10-36-11-17(16)33/h12-13,16-19,22,36H,4-11,14H2,1-3H3,(H,29,31)(H,30,34);9,11,15-17,20,37H,5-8,10,12-13H2,1-4H3,(H,30,32)(H,31,35);2*7,9,14,16-17,33H,4-6,8,10-12H2,1-3H3,(H,28,31)(H,29,34)/t;15-;14-,16?,17?;14-,16+,17-/m.000/s1. The van der Waals surface area contributed by atoms with Crippen LogP contribution in [0.5, 0.6) is 0 Å². The molecule has 8 aromatic rings. The molecule has 2 unspecified atom stereocenters. The molecule has 15 heterocycles. The first-order chi connectivity index (χ1) is 70.4. The van der Waals surface area contributed by atoms with Crippen molar-refractivity contribution in [2.45, 2.75) is 331 Å². The second-order valence-electron chi connectivity index (χ2n) is 45.2. The molecule has 34 nitrogen and oxygen atoms in total. The summed E-state index contributed by atoms with van der Waals surface area (Å²) in [6.45, 7) is 21.7. The van der Waals surface area contributed by atoms with Gasteiger partial charge in [-0.15, -0.1) is 45.3 Å². The number of nitrogens with one attached hydrogen (secondary N) is 8. The Balaban J connectivity index is 0.000000130. The van der Waals surface area contributed by atoms with Gasteiger partial charge in [0.1, 0.15) is 46.0 Å². The Kier molecular flexibility index (Phi) is 31.1. The lowest BCUT2D eigenvalue weighted by molar-refractivity contribution is 0.0115. The molecule has 0 spiro atoms. The first-order valence-electron chi connectivity index (χ1n) is 51.9. The van der Waals surface area contributed by atoms with Crippen LogP contribution in [0, 0.1) is 51.4 Å². The summed E-state index contributed by atoms with van der Waals surface area (Å²) < 4.78 is 95.0. The van der Waals surface area contributed by atoms with E-state index in [0.29, 0.717) is 77.4 Å². The number of nitrogens with zero attached hydrogens (tertiary/aromatic N) is 12. The molecule has 0 aromatic carbocycles. The lowest BCUT2D eigenvalue weighted by Crippen LogP contribution is -2.42. The van der Waals surface area contributed by atoms with Crippen molar-refractivity contribution in [2.75, 3.05) is 80.4 Å². The third-order valence-electron chi connectivity index (χ3n) is 30.6. The van der Waals surface area contributed by atoms with E-state index in [1.165, 1.54) is 62.7 Å². The van der Waals surface area contributed by atoms with Gasteiger partial charge in [0.2, 0.25) is 0 Å². The lowest BCUT2D eigenvalue weighted by atomic mass is 9.78. The highest BCUT2D eigenvalue weighted by atomic mass is 32.1. The van der Waals surface area contributed by atoms with Crippen LogP contribution in [-0.2, 0) is 9.47 Å². The number of rotatable bonds is 30. The Hall–Kier alpha value is -10.6. The van der Waals surface area contributed by atoms with E-state index < -0.39 is 146 Å². The number of amides is 8. The molecule has 7 aliphatic heterocycles. The fourth-order valence-electron chi connectivity index (χ4n) is 21.3. The molecule has 6 saturated carbocycles. The number of likely N-dealkylation sites (tertiary alicyclic amines) is 3. The fourth-order valence-corrected chi connectivity index (χ4v) is 25.5. The summed E-state index contributed by atoms with van der Waals surface area (Å²) in [4.78, 5) is 149. The second kappa shape index (κ2) is 42.8.